The highest BCUT2D eigenvalue weighted by Gasteiger charge is 2.34. The SMILES string of the molecule is CC1CCC(C(C)n2c(N3CCOC[C@H]3C)nc3nc(C4NOC(=O)N4)nc(-c4cccc(Cl)c4)c32)CC1. The van der Waals surface area contributed by atoms with Crippen LogP contribution in [0.4, 0.5) is 10.7 Å². The molecule has 2 aromatic heterocycles. The standard InChI is InChI=1S/C27H34ClN7O3/c1-15-7-9-18(10-8-15)17(3)35-22-21(19-5-4-6-20(28)13-19)29-24(25-32-27(36)38-33-25)30-23(22)31-26(35)34-11-12-37-14-16(34)2/h4-6,13,15-18,25,33H,7-12,14H2,1-3H3,(H,32,36)/t15?,16-,17?,18?,25?/m1/s1. The molecule has 3 fully saturated rings. The van der Waals surface area contributed by atoms with Crippen LogP contribution in [-0.2, 0) is 9.57 Å². The second-order valence-corrected chi connectivity index (χ2v) is 11.3. The Bertz CT molecular complexity index is 1340. The number of carbonyl (C=O) groups excluding carboxylic acids is 1. The number of fused-ring (bicyclic) bond motifs is 1. The Balaban J connectivity index is 1.57. The van der Waals surface area contributed by atoms with E-state index in [4.69, 9.17) is 36.1 Å². The summed E-state index contributed by atoms with van der Waals surface area (Å²) in [4.78, 5) is 34.0. The van der Waals surface area contributed by atoms with E-state index in [1.54, 1.807) is 0 Å². The second-order valence-electron chi connectivity index (χ2n) is 10.9. The first-order valence-corrected chi connectivity index (χ1v) is 13.9. The van der Waals surface area contributed by atoms with Gasteiger partial charge in [0.15, 0.2) is 17.6 Å². The highest BCUT2D eigenvalue weighted by molar-refractivity contribution is 6.30. The molecule has 4 heterocycles. The molecule has 1 aromatic carbocycles. The molecule has 0 bridgehead atoms. The summed E-state index contributed by atoms with van der Waals surface area (Å²) in [6.07, 6.45) is 3.58. The maximum absolute atomic E-state index is 11.8. The number of rotatable bonds is 5. The number of hydrogen-bond acceptors (Lipinski definition) is 8. The smallest absolute Gasteiger partial charge is 0.377 e. The molecule has 2 unspecified atom stereocenters. The van der Waals surface area contributed by atoms with E-state index in [-0.39, 0.29) is 12.1 Å². The maximum Gasteiger partial charge on any atom is 0.427 e. The Morgan fingerprint density at radius 2 is 1.95 bits per heavy atom. The molecule has 38 heavy (non-hydrogen) atoms. The zero-order valence-electron chi connectivity index (χ0n) is 22.0. The van der Waals surface area contributed by atoms with Gasteiger partial charge in [0.05, 0.1) is 19.3 Å². The van der Waals surface area contributed by atoms with E-state index < -0.39 is 12.3 Å². The van der Waals surface area contributed by atoms with Gasteiger partial charge in [0, 0.05) is 23.2 Å². The number of nitrogens with one attached hydrogen (secondary N) is 2. The first-order chi connectivity index (χ1) is 18.4. The third kappa shape index (κ3) is 4.69. The van der Waals surface area contributed by atoms with Crippen molar-refractivity contribution in [1.82, 2.24) is 30.3 Å². The van der Waals surface area contributed by atoms with Gasteiger partial charge >= 0.3 is 6.09 Å². The molecule has 0 radical (unpaired) electrons. The van der Waals surface area contributed by atoms with Gasteiger partial charge in [-0.1, -0.05) is 43.5 Å². The number of amides is 1. The van der Waals surface area contributed by atoms with Crippen molar-refractivity contribution in [3.63, 3.8) is 0 Å². The summed E-state index contributed by atoms with van der Waals surface area (Å²) >= 11 is 6.44. The van der Waals surface area contributed by atoms with Crippen molar-refractivity contribution >= 4 is 34.8 Å². The molecule has 3 aliphatic rings. The van der Waals surface area contributed by atoms with Crippen molar-refractivity contribution in [3.05, 3.63) is 35.1 Å². The molecular formula is C27H34ClN7O3. The Kier molecular flexibility index (Phi) is 6.88. The van der Waals surface area contributed by atoms with E-state index >= 15 is 0 Å². The number of ether oxygens (including phenoxy) is 1. The van der Waals surface area contributed by atoms with Gasteiger partial charge in [0.1, 0.15) is 11.2 Å². The molecule has 3 atom stereocenters. The van der Waals surface area contributed by atoms with Crippen molar-refractivity contribution in [1.29, 1.82) is 0 Å². The fraction of sp³-hybridized carbons (Fsp3) is 0.556. The van der Waals surface area contributed by atoms with Gasteiger partial charge in [0.2, 0.25) is 5.95 Å². The number of nitrogens with zero attached hydrogens (tertiary/aromatic N) is 5. The predicted octanol–water partition coefficient (Wildman–Crippen LogP) is 5.00. The van der Waals surface area contributed by atoms with Crippen LogP contribution in [0.25, 0.3) is 22.4 Å². The summed E-state index contributed by atoms with van der Waals surface area (Å²) in [5.74, 6) is 2.55. The number of hydrogen-bond donors (Lipinski definition) is 2. The number of morpholine rings is 1. The summed E-state index contributed by atoms with van der Waals surface area (Å²) in [7, 11) is 0. The van der Waals surface area contributed by atoms with Gasteiger partial charge < -0.3 is 19.0 Å². The van der Waals surface area contributed by atoms with Crippen LogP contribution >= 0.6 is 11.6 Å². The number of imidazole rings is 1. The Labute approximate surface area is 227 Å². The molecule has 202 valence electrons. The molecule has 1 saturated carbocycles. The monoisotopic (exact) mass is 539 g/mol. The van der Waals surface area contributed by atoms with Crippen molar-refractivity contribution in [3.8, 4) is 11.3 Å². The topological polar surface area (TPSA) is 106 Å². The van der Waals surface area contributed by atoms with Gasteiger partial charge in [-0.05, 0) is 50.7 Å². The maximum atomic E-state index is 11.8. The van der Waals surface area contributed by atoms with Crippen LogP contribution in [0, 0.1) is 11.8 Å². The fourth-order valence-electron chi connectivity index (χ4n) is 5.97. The zero-order valence-corrected chi connectivity index (χ0v) is 22.7. The minimum atomic E-state index is -0.682. The molecule has 2 saturated heterocycles. The highest BCUT2D eigenvalue weighted by Crippen LogP contribution is 2.41. The lowest BCUT2D eigenvalue weighted by atomic mass is 9.79. The summed E-state index contributed by atoms with van der Waals surface area (Å²) in [5.41, 5.74) is 5.72. The van der Waals surface area contributed by atoms with Gasteiger partial charge in [-0.3, -0.25) is 5.32 Å². The molecule has 1 amide bonds. The van der Waals surface area contributed by atoms with E-state index in [1.165, 1.54) is 25.7 Å². The fourth-order valence-corrected chi connectivity index (χ4v) is 6.16. The highest BCUT2D eigenvalue weighted by atomic mass is 35.5. The molecule has 11 heteroatoms. The van der Waals surface area contributed by atoms with Crippen LogP contribution in [0.2, 0.25) is 5.02 Å². The minimum Gasteiger partial charge on any atom is -0.377 e. The van der Waals surface area contributed by atoms with Crippen LogP contribution in [-0.4, -0.2) is 51.4 Å². The van der Waals surface area contributed by atoms with Gasteiger partial charge in [-0.15, -0.1) is 5.48 Å². The predicted molar refractivity (Wildman–Crippen MR) is 145 cm³/mol. The third-order valence-electron chi connectivity index (χ3n) is 8.21. The first kappa shape index (κ1) is 25.3. The lowest BCUT2D eigenvalue weighted by Gasteiger charge is -2.37. The van der Waals surface area contributed by atoms with Crippen LogP contribution in [0.1, 0.15) is 64.5 Å². The van der Waals surface area contributed by atoms with Crippen molar-refractivity contribution in [2.24, 2.45) is 11.8 Å². The summed E-state index contributed by atoms with van der Waals surface area (Å²) in [6, 6.07) is 8.03. The van der Waals surface area contributed by atoms with E-state index in [0.29, 0.717) is 35.6 Å². The lowest BCUT2D eigenvalue weighted by molar-refractivity contribution is 0.0972. The van der Waals surface area contributed by atoms with Gasteiger partial charge in [-0.25, -0.2) is 14.8 Å². The normalized spacial score (nSPS) is 26.8. The average Bonchev–Trinajstić information content (AvgIpc) is 3.52. The first-order valence-electron chi connectivity index (χ1n) is 13.5. The Morgan fingerprint density at radius 1 is 1.13 bits per heavy atom. The van der Waals surface area contributed by atoms with Crippen LogP contribution < -0.4 is 15.7 Å². The van der Waals surface area contributed by atoms with Crippen molar-refractivity contribution < 1.29 is 14.4 Å². The number of hydroxylamine groups is 1. The number of anilines is 1. The number of halogens is 1. The molecule has 2 N–H and O–H groups in total. The molecule has 1 aliphatic carbocycles. The molecular weight excluding hydrogens is 506 g/mol. The Hall–Kier alpha value is -2.95. The molecule has 6 rings (SSSR count). The average molecular weight is 540 g/mol. The summed E-state index contributed by atoms with van der Waals surface area (Å²) in [6.45, 7) is 8.86. The third-order valence-corrected chi connectivity index (χ3v) is 8.44. The number of benzene rings is 1. The summed E-state index contributed by atoms with van der Waals surface area (Å²) in [5, 5.41) is 3.33. The zero-order chi connectivity index (χ0) is 26.4. The minimum absolute atomic E-state index is 0.170. The Morgan fingerprint density at radius 3 is 2.66 bits per heavy atom. The van der Waals surface area contributed by atoms with Crippen molar-refractivity contribution in [2.75, 3.05) is 24.7 Å². The molecule has 3 aromatic rings. The summed E-state index contributed by atoms with van der Waals surface area (Å²) < 4.78 is 8.11. The number of aromatic nitrogens is 4. The van der Waals surface area contributed by atoms with Gasteiger partial charge in [-0.2, -0.15) is 4.98 Å². The van der Waals surface area contributed by atoms with E-state index in [1.807, 2.05) is 24.3 Å². The van der Waals surface area contributed by atoms with E-state index in [2.05, 4.69) is 41.0 Å². The van der Waals surface area contributed by atoms with Crippen molar-refractivity contribution in [2.45, 2.75) is 64.7 Å². The number of carbonyl (C=O) groups is 1. The molecule has 0 spiro atoms. The van der Waals surface area contributed by atoms with E-state index in [0.717, 1.165) is 35.2 Å². The lowest BCUT2D eigenvalue weighted by Crippen LogP contribution is -2.45. The molecule has 2 aliphatic heterocycles. The van der Waals surface area contributed by atoms with Crippen LogP contribution in [0.3, 0.4) is 0 Å². The van der Waals surface area contributed by atoms with E-state index in [9.17, 15) is 4.79 Å². The largest absolute Gasteiger partial charge is 0.427 e. The second kappa shape index (κ2) is 10.3. The van der Waals surface area contributed by atoms with Crippen LogP contribution in [0.15, 0.2) is 24.3 Å². The quantitative estimate of drug-likeness (QED) is 0.466. The van der Waals surface area contributed by atoms with Gasteiger partial charge in [0.25, 0.3) is 0 Å². The van der Waals surface area contributed by atoms with Crippen LogP contribution in [0.5, 0.6) is 0 Å². The molecule has 10 nitrogen and oxygen atoms in total.